The van der Waals surface area contributed by atoms with Crippen molar-refractivity contribution in [1.29, 1.82) is 0 Å². The van der Waals surface area contributed by atoms with Crippen molar-refractivity contribution in [3.63, 3.8) is 0 Å². The number of hydrogen-bond donors (Lipinski definition) is 2. The second kappa shape index (κ2) is 8.15. The van der Waals surface area contributed by atoms with Gasteiger partial charge in [0.1, 0.15) is 0 Å². The van der Waals surface area contributed by atoms with E-state index in [1.54, 1.807) is 24.1 Å². The predicted octanol–water partition coefficient (Wildman–Crippen LogP) is 1.55. The highest BCUT2D eigenvalue weighted by atomic mass is 35.5. The molecule has 0 heterocycles. The molecule has 2 atom stereocenters. The number of hydrogen-bond acceptors (Lipinski definition) is 3. The molecule has 0 bridgehead atoms. The topological polar surface area (TPSA) is 75.4 Å². The first-order chi connectivity index (χ1) is 10.0. The van der Waals surface area contributed by atoms with Crippen LogP contribution < -0.4 is 11.1 Å². The van der Waals surface area contributed by atoms with Gasteiger partial charge in [0.25, 0.3) is 5.91 Å². The highest BCUT2D eigenvalue weighted by Gasteiger charge is 2.29. The first-order valence-electron chi connectivity index (χ1n) is 7.33. The summed E-state index contributed by atoms with van der Waals surface area (Å²) >= 11 is 0. The number of benzene rings is 1. The number of rotatable bonds is 4. The minimum Gasteiger partial charge on any atom is -0.355 e. The molecule has 0 saturated heterocycles. The number of nitrogens with two attached hydrogens (primary N) is 1. The number of nitrogens with zero attached hydrogens (tertiary/aromatic N) is 1. The van der Waals surface area contributed by atoms with Crippen molar-refractivity contribution < 1.29 is 9.59 Å². The zero-order valence-electron chi connectivity index (χ0n) is 13.0. The Hall–Kier alpha value is -1.59. The zero-order valence-corrected chi connectivity index (χ0v) is 13.9. The molecule has 2 unspecified atom stereocenters. The highest BCUT2D eigenvalue weighted by molar-refractivity contribution is 5.93. The van der Waals surface area contributed by atoms with E-state index in [1.807, 2.05) is 19.2 Å². The van der Waals surface area contributed by atoms with Crippen molar-refractivity contribution >= 4 is 24.2 Å². The lowest BCUT2D eigenvalue weighted by Crippen LogP contribution is -2.32. The summed E-state index contributed by atoms with van der Waals surface area (Å²) in [5.41, 5.74) is 7.50. The summed E-state index contributed by atoms with van der Waals surface area (Å²) in [6.07, 6.45) is 2.61. The van der Waals surface area contributed by atoms with Crippen molar-refractivity contribution in [3.05, 3.63) is 35.4 Å². The Morgan fingerprint density at radius 3 is 2.41 bits per heavy atom. The van der Waals surface area contributed by atoms with Gasteiger partial charge in [-0.3, -0.25) is 9.59 Å². The van der Waals surface area contributed by atoms with Crippen molar-refractivity contribution in [3.8, 4) is 0 Å². The molecule has 1 aliphatic carbocycles. The van der Waals surface area contributed by atoms with E-state index in [2.05, 4.69) is 5.32 Å². The van der Waals surface area contributed by atoms with Crippen LogP contribution in [0.4, 0.5) is 0 Å². The number of halogens is 1. The van der Waals surface area contributed by atoms with Crippen LogP contribution in [0.25, 0.3) is 0 Å². The molecule has 0 aromatic heterocycles. The predicted molar refractivity (Wildman–Crippen MR) is 88.9 cm³/mol. The average Bonchev–Trinajstić information content (AvgIpc) is 2.93. The SMILES string of the molecule is CNC(=O)c1ccc(CN(C)C(=O)C2CCC(N)C2)cc1.Cl. The van der Waals surface area contributed by atoms with Crippen molar-refractivity contribution in [2.24, 2.45) is 11.7 Å². The lowest BCUT2D eigenvalue weighted by Gasteiger charge is -2.21. The van der Waals surface area contributed by atoms with Crippen LogP contribution >= 0.6 is 12.4 Å². The Labute approximate surface area is 137 Å². The van der Waals surface area contributed by atoms with Crippen LogP contribution in [0.2, 0.25) is 0 Å². The van der Waals surface area contributed by atoms with E-state index in [-0.39, 0.29) is 36.2 Å². The van der Waals surface area contributed by atoms with Gasteiger partial charge in [0.15, 0.2) is 0 Å². The third-order valence-electron chi connectivity index (χ3n) is 4.06. The molecule has 0 spiro atoms. The van der Waals surface area contributed by atoms with Gasteiger partial charge in [0.2, 0.25) is 5.91 Å². The molecule has 1 aliphatic rings. The molecule has 122 valence electrons. The summed E-state index contributed by atoms with van der Waals surface area (Å²) in [5.74, 6) is 0.124. The first-order valence-corrected chi connectivity index (χ1v) is 7.33. The van der Waals surface area contributed by atoms with Gasteiger partial charge in [-0.1, -0.05) is 12.1 Å². The minimum atomic E-state index is -0.106. The van der Waals surface area contributed by atoms with Crippen LogP contribution in [0.15, 0.2) is 24.3 Å². The minimum absolute atomic E-state index is 0. The largest absolute Gasteiger partial charge is 0.355 e. The van der Waals surface area contributed by atoms with E-state index in [4.69, 9.17) is 5.73 Å². The smallest absolute Gasteiger partial charge is 0.251 e. The molecule has 2 amide bonds. The first kappa shape index (κ1) is 18.5. The van der Waals surface area contributed by atoms with Crippen molar-refractivity contribution in [2.75, 3.05) is 14.1 Å². The van der Waals surface area contributed by atoms with E-state index in [9.17, 15) is 9.59 Å². The van der Waals surface area contributed by atoms with Crippen LogP contribution in [0.5, 0.6) is 0 Å². The van der Waals surface area contributed by atoms with E-state index in [0.29, 0.717) is 12.1 Å². The van der Waals surface area contributed by atoms with E-state index < -0.39 is 0 Å². The summed E-state index contributed by atoms with van der Waals surface area (Å²) in [6, 6.07) is 7.48. The maximum Gasteiger partial charge on any atom is 0.251 e. The number of nitrogens with one attached hydrogen (secondary N) is 1. The molecule has 2 rings (SSSR count). The standard InChI is InChI=1S/C16H23N3O2.ClH/c1-18-15(20)12-5-3-11(4-6-12)10-19(2)16(21)13-7-8-14(17)9-13;/h3-6,13-14H,7-10,17H2,1-2H3,(H,18,20);1H. The maximum absolute atomic E-state index is 12.3. The van der Waals surface area contributed by atoms with Crippen molar-refractivity contribution in [1.82, 2.24) is 10.2 Å². The molecule has 1 aromatic carbocycles. The molecular weight excluding hydrogens is 302 g/mol. The van der Waals surface area contributed by atoms with Crippen LogP contribution in [0, 0.1) is 5.92 Å². The molecule has 1 fully saturated rings. The van der Waals surface area contributed by atoms with Gasteiger partial charge in [-0.2, -0.15) is 0 Å². The Morgan fingerprint density at radius 1 is 1.27 bits per heavy atom. The normalized spacial score (nSPS) is 20.1. The Morgan fingerprint density at radius 2 is 1.91 bits per heavy atom. The molecule has 1 saturated carbocycles. The summed E-state index contributed by atoms with van der Waals surface area (Å²) in [4.78, 5) is 25.5. The van der Waals surface area contributed by atoms with Gasteiger partial charge in [-0.15, -0.1) is 12.4 Å². The fourth-order valence-corrected chi connectivity index (χ4v) is 2.81. The summed E-state index contributed by atoms with van der Waals surface area (Å²) in [7, 11) is 3.42. The fourth-order valence-electron chi connectivity index (χ4n) is 2.81. The molecule has 0 radical (unpaired) electrons. The second-order valence-electron chi connectivity index (χ2n) is 5.74. The monoisotopic (exact) mass is 325 g/mol. The lowest BCUT2D eigenvalue weighted by molar-refractivity contribution is -0.134. The molecule has 6 heteroatoms. The van der Waals surface area contributed by atoms with Gasteiger partial charge >= 0.3 is 0 Å². The van der Waals surface area contributed by atoms with Crippen LogP contribution in [-0.4, -0.2) is 36.9 Å². The van der Waals surface area contributed by atoms with Crippen LogP contribution in [0.3, 0.4) is 0 Å². The van der Waals surface area contributed by atoms with Gasteiger partial charge in [-0.05, 0) is 37.0 Å². The third-order valence-corrected chi connectivity index (χ3v) is 4.06. The molecule has 3 N–H and O–H groups in total. The van der Waals surface area contributed by atoms with Gasteiger partial charge in [0, 0.05) is 38.2 Å². The fraction of sp³-hybridized carbons (Fsp3) is 0.500. The molecular formula is C16H24ClN3O2. The average molecular weight is 326 g/mol. The summed E-state index contributed by atoms with van der Waals surface area (Å²) in [5, 5.41) is 2.59. The quantitative estimate of drug-likeness (QED) is 0.882. The molecule has 5 nitrogen and oxygen atoms in total. The zero-order chi connectivity index (χ0) is 15.4. The van der Waals surface area contributed by atoms with E-state index in [1.165, 1.54) is 0 Å². The van der Waals surface area contributed by atoms with Gasteiger partial charge < -0.3 is 16.0 Å². The van der Waals surface area contributed by atoms with E-state index >= 15 is 0 Å². The lowest BCUT2D eigenvalue weighted by atomic mass is 10.1. The van der Waals surface area contributed by atoms with Crippen molar-refractivity contribution in [2.45, 2.75) is 31.8 Å². The van der Waals surface area contributed by atoms with Gasteiger partial charge in [-0.25, -0.2) is 0 Å². The van der Waals surface area contributed by atoms with Crippen LogP contribution in [0.1, 0.15) is 35.2 Å². The van der Waals surface area contributed by atoms with Crippen LogP contribution in [-0.2, 0) is 11.3 Å². The third kappa shape index (κ3) is 4.45. The Kier molecular flexibility index (Phi) is 6.84. The maximum atomic E-state index is 12.3. The molecule has 1 aromatic rings. The Balaban J connectivity index is 0.00000242. The summed E-state index contributed by atoms with van der Waals surface area (Å²) in [6.45, 7) is 0.554. The Bertz CT molecular complexity index is 519. The molecule has 22 heavy (non-hydrogen) atoms. The molecule has 0 aliphatic heterocycles. The number of carbonyl (C=O) groups excluding carboxylic acids is 2. The van der Waals surface area contributed by atoms with E-state index in [0.717, 1.165) is 24.8 Å². The van der Waals surface area contributed by atoms with Gasteiger partial charge in [0.05, 0.1) is 0 Å². The number of carbonyl (C=O) groups is 2. The highest BCUT2D eigenvalue weighted by Crippen LogP contribution is 2.26. The summed E-state index contributed by atoms with van der Waals surface area (Å²) < 4.78 is 0. The second-order valence-corrected chi connectivity index (χ2v) is 5.74. The number of amides is 2.